The van der Waals surface area contributed by atoms with Crippen LogP contribution in [0.15, 0.2) is 42.5 Å². The lowest BCUT2D eigenvalue weighted by atomic mass is 10.1. The Kier molecular flexibility index (Phi) is 7.07. The summed E-state index contributed by atoms with van der Waals surface area (Å²) in [7, 11) is 0. The summed E-state index contributed by atoms with van der Waals surface area (Å²) in [4.78, 5) is 14.7. The molecular formula is C20H21Cl2N3OS. The maximum absolute atomic E-state index is 12.2. The average Bonchev–Trinajstić information content (AvgIpc) is 2.66. The molecule has 0 radical (unpaired) electrons. The third-order valence-corrected chi connectivity index (χ3v) is 5.42. The number of carbonyl (C=O) groups excluding carboxylic acids is 1. The summed E-state index contributed by atoms with van der Waals surface area (Å²) < 4.78 is 0. The Labute approximate surface area is 174 Å². The van der Waals surface area contributed by atoms with Crippen LogP contribution < -0.4 is 10.6 Å². The molecule has 3 rings (SSSR count). The van der Waals surface area contributed by atoms with E-state index >= 15 is 0 Å². The second-order valence-electron chi connectivity index (χ2n) is 6.57. The largest absolute Gasteiger partial charge is 0.332 e. The van der Waals surface area contributed by atoms with Gasteiger partial charge in [-0.3, -0.25) is 15.0 Å². The molecule has 4 nitrogen and oxygen atoms in total. The number of carbonyl (C=O) groups is 1. The van der Waals surface area contributed by atoms with Crippen molar-refractivity contribution in [2.45, 2.75) is 25.8 Å². The molecule has 1 heterocycles. The fraction of sp³-hybridized carbons (Fsp3) is 0.300. The minimum Gasteiger partial charge on any atom is -0.332 e. The predicted octanol–water partition coefficient (Wildman–Crippen LogP) is 5.11. The maximum atomic E-state index is 12.2. The van der Waals surface area contributed by atoms with Crippen LogP contribution in [0.2, 0.25) is 10.0 Å². The summed E-state index contributed by atoms with van der Waals surface area (Å²) in [6.07, 6.45) is 3.91. The van der Waals surface area contributed by atoms with Crippen molar-refractivity contribution in [3.63, 3.8) is 0 Å². The number of thiocarbonyl (C=S) groups is 1. The summed E-state index contributed by atoms with van der Waals surface area (Å²) in [6, 6.07) is 12.8. The molecule has 1 amide bonds. The zero-order valence-corrected chi connectivity index (χ0v) is 17.1. The molecule has 0 unspecified atom stereocenters. The molecule has 0 aliphatic carbocycles. The number of benzene rings is 2. The van der Waals surface area contributed by atoms with Crippen LogP contribution >= 0.6 is 35.4 Å². The van der Waals surface area contributed by atoms with E-state index in [2.05, 4.69) is 27.7 Å². The number of hydrogen-bond donors (Lipinski definition) is 2. The number of likely N-dealkylation sites (tertiary alicyclic amines) is 1. The predicted molar refractivity (Wildman–Crippen MR) is 116 cm³/mol. The normalized spacial score (nSPS) is 14.6. The van der Waals surface area contributed by atoms with Crippen LogP contribution in [0.25, 0.3) is 0 Å². The summed E-state index contributed by atoms with van der Waals surface area (Å²) >= 11 is 17.0. The van der Waals surface area contributed by atoms with Crippen LogP contribution in [0.5, 0.6) is 0 Å². The Hall–Kier alpha value is -1.66. The zero-order chi connectivity index (χ0) is 19.2. The van der Waals surface area contributed by atoms with E-state index in [1.54, 1.807) is 12.1 Å². The fourth-order valence-electron chi connectivity index (χ4n) is 3.04. The minimum atomic E-state index is -0.340. The molecule has 142 valence electrons. The summed E-state index contributed by atoms with van der Waals surface area (Å²) in [5, 5.41) is 6.63. The van der Waals surface area contributed by atoms with Crippen LogP contribution in [0, 0.1) is 0 Å². The summed E-state index contributed by atoms with van der Waals surface area (Å²) in [5.74, 6) is -0.340. The SMILES string of the molecule is O=C(NC(=S)Nc1ccc(CN2CCCCC2)cc1)c1ccc(Cl)c(Cl)c1. The monoisotopic (exact) mass is 421 g/mol. The van der Waals surface area contributed by atoms with Crippen LogP contribution in [0.3, 0.4) is 0 Å². The van der Waals surface area contributed by atoms with Gasteiger partial charge in [0.2, 0.25) is 0 Å². The number of nitrogens with one attached hydrogen (secondary N) is 2. The first kappa shape index (κ1) is 20.1. The highest BCUT2D eigenvalue weighted by Gasteiger charge is 2.11. The van der Waals surface area contributed by atoms with Gasteiger partial charge in [-0.25, -0.2) is 0 Å². The van der Waals surface area contributed by atoms with E-state index in [0.717, 1.165) is 12.2 Å². The third kappa shape index (κ3) is 5.91. The molecule has 1 fully saturated rings. The number of rotatable bonds is 4. The number of anilines is 1. The van der Waals surface area contributed by atoms with Crippen molar-refractivity contribution in [3.8, 4) is 0 Å². The molecular weight excluding hydrogens is 401 g/mol. The van der Waals surface area contributed by atoms with Crippen molar-refractivity contribution in [1.82, 2.24) is 10.2 Å². The fourth-order valence-corrected chi connectivity index (χ4v) is 3.55. The molecule has 1 saturated heterocycles. The maximum Gasteiger partial charge on any atom is 0.257 e. The second-order valence-corrected chi connectivity index (χ2v) is 7.79. The van der Waals surface area contributed by atoms with E-state index in [0.29, 0.717) is 15.6 Å². The van der Waals surface area contributed by atoms with E-state index < -0.39 is 0 Å². The highest BCUT2D eigenvalue weighted by Crippen LogP contribution is 2.22. The van der Waals surface area contributed by atoms with Crippen molar-refractivity contribution in [3.05, 3.63) is 63.6 Å². The molecule has 2 aromatic rings. The Morgan fingerprint density at radius 3 is 2.37 bits per heavy atom. The van der Waals surface area contributed by atoms with Gasteiger partial charge >= 0.3 is 0 Å². The van der Waals surface area contributed by atoms with Gasteiger partial charge in [0.1, 0.15) is 0 Å². The molecule has 0 spiro atoms. The first-order valence-corrected chi connectivity index (χ1v) is 10.1. The van der Waals surface area contributed by atoms with Crippen molar-refractivity contribution >= 4 is 52.1 Å². The van der Waals surface area contributed by atoms with E-state index in [9.17, 15) is 4.79 Å². The number of piperidine rings is 1. The Morgan fingerprint density at radius 1 is 1.00 bits per heavy atom. The van der Waals surface area contributed by atoms with Crippen molar-refractivity contribution in [2.75, 3.05) is 18.4 Å². The zero-order valence-electron chi connectivity index (χ0n) is 14.8. The topological polar surface area (TPSA) is 44.4 Å². The molecule has 0 bridgehead atoms. The van der Waals surface area contributed by atoms with E-state index in [1.165, 1.54) is 44.0 Å². The van der Waals surface area contributed by atoms with Crippen LogP contribution in [-0.4, -0.2) is 29.0 Å². The molecule has 0 atom stereocenters. The van der Waals surface area contributed by atoms with Gasteiger partial charge in [-0.05, 0) is 74.0 Å². The first-order chi connectivity index (χ1) is 13.0. The van der Waals surface area contributed by atoms with Gasteiger partial charge in [-0.1, -0.05) is 41.8 Å². The summed E-state index contributed by atoms with van der Waals surface area (Å²) in [5.41, 5.74) is 2.50. The molecule has 2 N–H and O–H groups in total. The second kappa shape index (κ2) is 9.51. The lowest BCUT2D eigenvalue weighted by Gasteiger charge is -2.26. The highest BCUT2D eigenvalue weighted by molar-refractivity contribution is 7.80. The Morgan fingerprint density at radius 2 is 1.70 bits per heavy atom. The van der Waals surface area contributed by atoms with Gasteiger partial charge in [0.05, 0.1) is 10.0 Å². The van der Waals surface area contributed by atoms with Gasteiger partial charge in [-0.15, -0.1) is 0 Å². The third-order valence-electron chi connectivity index (χ3n) is 4.48. The standard InChI is InChI=1S/C20H21Cl2N3OS/c21-17-9-6-15(12-18(17)22)19(26)24-20(27)23-16-7-4-14(5-8-16)13-25-10-2-1-3-11-25/h4-9,12H,1-3,10-11,13H2,(H2,23,24,26,27). The van der Waals surface area contributed by atoms with Gasteiger partial charge < -0.3 is 5.32 Å². The lowest BCUT2D eigenvalue weighted by molar-refractivity contribution is 0.0977. The summed E-state index contributed by atoms with van der Waals surface area (Å²) in [6.45, 7) is 3.31. The molecule has 1 aliphatic heterocycles. The Bertz CT molecular complexity index is 820. The molecule has 1 aliphatic rings. The lowest BCUT2D eigenvalue weighted by Crippen LogP contribution is -2.34. The van der Waals surface area contributed by atoms with Gasteiger partial charge in [0.25, 0.3) is 5.91 Å². The number of amides is 1. The highest BCUT2D eigenvalue weighted by atomic mass is 35.5. The van der Waals surface area contributed by atoms with Crippen LogP contribution in [-0.2, 0) is 6.54 Å². The number of nitrogens with zero attached hydrogens (tertiary/aromatic N) is 1. The van der Waals surface area contributed by atoms with Gasteiger partial charge in [0.15, 0.2) is 5.11 Å². The molecule has 0 aromatic heterocycles. The van der Waals surface area contributed by atoms with Crippen LogP contribution in [0.4, 0.5) is 5.69 Å². The van der Waals surface area contributed by atoms with Crippen LogP contribution in [0.1, 0.15) is 35.2 Å². The molecule has 0 saturated carbocycles. The quantitative estimate of drug-likeness (QED) is 0.673. The average molecular weight is 422 g/mol. The van der Waals surface area contributed by atoms with Gasteiger partial charge in [-0.2, -0.15) is 0 Å². The minimum absolute atomic E-state index is 0.231. The number of halogens is 2. The van der Waals surface area contributed by atoms with Gasteiger partial charge in [0, 0.05) is 17.8 Å². The van der Waals surface area contributed by atoms with E-state index in [4.69, 9.17) is 35.4 Å². The van der Waals surface area contributed by atoms with Crippen molar-refractivity contribution in [2.24, 2.45) is 0 Å². The molecule has 2 aromatic carbocycles. The molecule has 27 heavy (non-hydrogen) atoms. The van der Waals surface area contributed by atoms with Crippen molar-refractivity contribution < 1.29 is 4.79 Å². The van der Waals surface area contributed by atoms with E-state index in [1.807, 2.05) is 12.1 Å². The number of hydrogen-bond acceptors (Lipinski definition) is 3. The first-order valence-electron chi connectivity index (χ1n) is 8.90. The molecule has 7 heteroatoms. The Balaban J connectivity index is 1.52. The van der Waals surface area contributed by atoms with E-state index in [-0.39, 0.29) is 11.0 Å². The van der Waals surface area contributed by atoms with Crippen molar-refractivity contribution in [1.29, 1.82) is 0 Å². The smallest absolute Gasteiger partial charge is 0.257 e.